The summed E-state index contributed by atoms with van der Waals surface area (Å²) in [6.45, 7) is 1.88. The summed E-state index contributed by atoms with van der Waals surface area (Å²) in [5.74, 6) is -1.09. The van der Waals surface area contributed by atoms with E-state index in [1.54, 1.807) is 0 Å². The molecule has 0 bridgehead atoms. The number of ether oxygens (including phenoxy) is 1. The van der Waals surface area contributed by atoms with Crippen molar-refractivity contribution in [3.63, 3.8) is 0 Å². The van der Waals surface area contributed by atoms with Crippen LogP contribution in [0.15, 0.2) is 42.5 Å². The standard InChI is InChI=1S/C19H18F3N3O6.CH3I/c1-11(26)23-12-3-6-14(7-4-12)31-10-18(2,28)17(27)24-13-5-8-16(25(29)30)15(9-13)19(20,21)22;1-2/h3-9,28H,10H2,1-2H3,(H,23,26)(H,24,27);1H3/t18-;/m0./s1/i;2-2. The fourth-order valence-electron chi connectivity index (χ4n) is 2.39. The van der Waals surface area contributed by atoms with Crippen LogP contribution in [0.1, 0.15) is 19.4 Å². The number of carbonyl (C=O) groups is 2. The number of alkyl halides is 4. The van der Waals surface area contributed by atoms with Gasteiger partial charge in [0.05, 0.1) is 4.92 Å². The lowest BCUT2D eigenvalue weighted by Gasteiger charge is -2.23. The van der Waals surface area contributed by atoms with Crippen molar-refractivity contribution in [1.82, 2.24) is 0 Å². The normalized spacial score (nSPS) is 12.5. The molecule has 0 aliphatic rings. The van der Waals surface area contributed by atoms with E-state index in [0.717, 1.165) is 13.0 Å². The molecule has 0 heterocycles. The van der Waals surface area contributed by atoms with Crippen LogP contribution in [0.2, 0.25) is 0 Å². The van der Waals surface area contributed by atoms with E-state index in [1.807, 2.05) is 4.93 Å². The molecule has 0 unspecified atom stereocenters. The number of halogens is 4. The Labute approximate surface area is 200 Å². The summed E-state index contributed by atoms with van der Waals surface area (Å²) in [5, 5.41) is 25.8. The second-order valence-corrected chi connectivity index (χ2v) is 6.71. The summed E-state index contributed by atoms with van der Waals surface area (Å²) >= 11 is 2.15. The second kappa shape index (κ2) is 11.8. The van der Waals surface area contributed by atoms with E-state index in [0.29, 0.717) is 17.8 Å². The van der Waals surface area contributed by atoms with E-state index in [9.17, 15) is 38.0 Å². The first-order chi connectivity index (χ1) is 15.3. The lowest BCUT2D eigenvalue weighted by molar-refractivity contribution is -0.388. The third kappa shape index (κ3) is 8.49. The summed E-state index contributed by atoms with van der Waals surface area (Å²) in [6, 6.07) is 7.95. The molecular weight excluding hydrogens is 560 g/mol. The molecule has 33 heavy (non-hydrogen) atoms. The second-order valence-electron chi connectivity index (χ2n) is 6.71. The maximum absolute atomic E-state index is 13.1. The van der Waals surface area contributed by atoms with Crippen molar-refractivity contribution in [3.05, 3.63) is 58.1 Å². The Kier molecular flexibility index (Phi) is 10.0. The first kappa shape index (κ1) is 28.1. The molecule has 0 aliphatic heterocycles. The van der Waals surface area contributed by atoms with Gasteiger partial charge in [-0.15, -0.1) is 0 Å². The molecule has 0 aliphatic carbocycles. The van der Waals surface area contributed by atoms with Crippen LogP contribution in [-0.2, 0) is 15.8 Å². The van der Waals surface area contributed by atoms with Crippen LogP contribution < -0.4 is 15.4 Å². The predicted molar refractivity (Wildman–Crippen MR) is 124 cm³/mol. The molecule has 0 saturated heterocycles. The Hall–Kier alpha value is -2.94. The van der Waals surface area contributed by atoms with Gasteiger partial charge in [0.15, 0.2) is 5.60 Å². The third-order valence-corrected chi connectivity index (χ3v) is 3.94. The molecule has 0 radical (unpaired) electrons. The highest BCUT2D eigenvalue weighted by molar-refractivity contribution is 14.1. The zero-order valence-electron chi connectivity index (χ0n) is 17.7. The third-order valence-electron chi connectivity index (χ3n) is 3.94. The van der Waals surface area contributed by atoms with Crippen molar-refractivity contribution in [1.29, 1.82) is 0 Å². The summed E-state index contributed by atoms with van der Waals surface area (Å²) in [6.07, 6.45) is -5.02. The van der Waals surface area contributed by atoms with Gasteiger partial charge in [-0.3, -0.25) is 19.7 Å². The van der Waals surface area contributed by atoms with Gasteiger partial charge >= 0.3 is 6.18 Å². The van der Waals surface area contributed by atoms with E-state index < -0.39 is 40.5 Å². The highest BCUT2D eigenvalue weighted by Crippen LogP contribution is 2.37. The molecule has 0 fully saturated rings. The number of amides is 2. The Balaban J connectivity index is 0.00000265. The van der Waals surface area contributed by atoms with Gasteiger partial charge < -0.3 is 20.5 Å². The number of benzene rings is 2. The number of nitrogens with zero attached hydrogens (tertiary/aromatic N) is 1. The number of hydrogen-bond donors (Lipinski definition) is 3. The van der Waals surface area contributed by atoms with Gasteiger partial charge in [0.1, 0.15) is 17.9 Å². The molecule has 1 atom stereocenters. The molecule has 3 N–H and O–H groups in total. The van der Waals surface area contributed by atoms with Crippen molar-refractivity contribution in [2.45, 2.75) is 25.6 Å². The molecule has 180 valence electrons. The van der Waals surface area contributed by atoms with Crippen LogP contribution in [0, 0.1) is 10.1 Å². The van der Waals surface area contributed by atoms with Gasteiger partial charge in [-0.1, -0.05) is 22.6 Å². The topological polar surface area (TPSA) is 131 Å². The summed E-state index contributed by atoms with van der Waals surface area (Å²) in [7, 11) is 0. The average molecular weight is 581 g/mol. The monoisotopic (exact) mass is 581 g/mol. The minimum Gasteiger partial charge on any atom is -0.490 e. The van der Waals surface area contributed by atoms with Gasteiger partial charge in [0, 0.05) is 24.4 Å². The van der Waals surface area contributed by atoms with Gasteiger partial charge in [-0.05, 0) is 48.3 Å². The summed E-state index contributed by atoms with van der Waals surface area (Å²) in [5.41, 5.74) is -4.73. The number of anilines is 2. The Morgan fingerprint density at radius 3 is 2.12 bits per heavy atom. The number of rotatable bonds is 7. The zero-order chi connectivity index (χ0) is 25.4. The maximum atomic E-state index is 13.1. The van der Waals surface area contributed by atoms with Gasteiger partial charge in [0.2, 0.25) is 5.91 Å². The highest BCUT2D eigenvalue weighted by atomic mass is 125. The molecule has 0 saturated carbocycles. The molecular formula is C20H21F3IN3O6. The van der Waals surface area contributed by atoms with Crippen molar-refractivity contribution in [2.75, 3.05) is 22.2 Å². The molecule has 13 heteroatoms. The lowest BCUT2D eigenvalue weighted by Crippen LogP contribution is -2.45. The van der Waals surface area contributed by atoms with Gasteiger partial charge in [0.25, 0.3) is 11.6 Å². The number of aliphatic hydroxyl groups is 1. The van der Waals surface area contributed by atoms with E-state index >= 15 is 0 Å². The Bertz CT molecular complexity index is 998. The fraction of sp³-hybridized carbons (Fsp3) is 0.300. The molecule has 0 aromatic heterocycles. The quantitative estimate of drug-likeness (QED) is 0.193. The van der Waals surface area contributed by atoms with Crippen molar-refractivity contribution in [2.24, 2.45) is 0 Å². The Morgan fingerprint density at radius 1 is 1.09 bits per heavy atom. The van der Waals surface area contributed by atoms with Crippen molar-refractivity contribution in [3.8, 4) is 5.75 Å². The largest absolute Gasteiger partial charge is 0.490 e. The zero-order valence-corrected chi connectivity index (χ0v) is 19.9. The lowest BCUT2D eigenvalue weighted by atomic mass is 10.1. The maximum Gasteiger partial charge on any atom is 0.423 e. The van der Waals surface area contributed by atoms with Crippen LogP contribution in [0.4, 0.5) is 30.2 Å². The van der Waals surface area contributed by atoms with Crippen LogP contribution in [-0.4, -0.2) is 39.0 Å². The molecule has 2 aromatic rings. The minimum absolute atomic E-state index is 0.261. The molecule has 0 spiro atoms. The average Bonchev–Trinajstić information content (AvgIpc) is 2.73. The first-order valence-electron chi connectivity index (χ1n) is 9.07. The Morgan fingerprint density at radius 2 is 1.64 bits per heavy atom. The van der Waals surface area contributed by atoms with Crippen LogP contribution >= 0.6 is 22.6 Å². The molecule has 2 amide bonds. The first-order valence-corrected chi connectivity index (χ1v) is 11.2. The molecule has 9 nitrogen and oxygen atoms in total. The van der Waals surface area contributed by atoms with E-state index in [4.69, 9.17) is 4.74 Å². The van der Waals surface area contributed by atoms with E-state index in [-0.39, 0.29) is 17.3 Å². The highest BCUT2D eigenvalue weighted by Gasteiger charge is 2.39. The molecule has 2 rings (SSSR count). The van der Waals surface area contributed by atoms with Gasteiger partial charge in [-0.2, -0.15) is 13.2 Å². The number of carbonyl (C=O) groups excluding carboxylic acids is 2. The van der Waals surface area contributed by atoms with Crippen molar-refractivity contribution < 1.29 is 37.5 Å². The SMILES string of the molecule is CC(=O)Nc1ccc(OC[C@](C)(O)C(=O)Nc2ccc([N+](=O)[O-])c(C(F)(F)F)c2)cc1.C[125I]. The smallest absolute Gasteiger partial charge is 0.423 e. The molecule has 2 aromatic carbocycles. The predicted octanol–water partition coefficient (Wildman–Crippen LogP) is 4.39. The summed E-state index contributed by atoms with van der Waals surface area (Å²) in [4.78, 5) is 34.9. The van der Waals surface area contributed by atoms with Crippen LogP contribution in [0.25, 0.3) is 0 Å². The number of hydrogen-bond acceptors (Lipinski definition) is 6. The van der Waals surface area contributed by atoms with Gasteiger partial charge in [-0.25, -0.2) is 0 Å². The van der Waals surface area contributed by atoms with Crippen molar-refractivity contribution >= 4 is 51.5 Å². The van der Waals surface area contributed by atoms with Crippen LogP contribution in [0.5, 0.6) is 5.75 Å². The number of nitrogens with one attached hydrogen (secondary N) is 2. The number of nitro groups is 1. The minimum atomic E-state index is -5.02. The van der Waals surface area contributed by atoms with E-state index in [2.05, 4.69) is 33.2 Å². The summed E-state index contributed by atoms with van der Waals surface area (Å²) < 4.78 is 44.5. The number of nitro benzene ring substituents is 1. The van der Waals surface area contributed by atoms with Crippen LogP contribution in [0.3, 0.4) is 0 Å². The fourth-order valence-corrected chi connectivity index (χ4v) is 2.39. The van der Waals surface area contributed by atoms with E-state index in [1.165, 1.54) is 31.2 Å².